The van der Waals surface area contributed by atoms with Crippen LogP contribution in [0, 0.1) is 0 Å². The van der Waals surface area contributed by atoms with E-state index in [1.807, 2.05) is 30.7 Å². The molecule has 1 amide bonds. The van der Waals surface area contributed by atoms with Crippen LogP contribution >= 0.6 is 23.5 Å². The molecule has 0 bridgehead atoms. The molecule has 0 heterocycles. The average Bonchev–Trinajstić information content (AvgIpc) is 2.42. The standard InChI is InChI=1S/C14H21NO2S2/c1-14(17,8-9-18-2)10-15-13(16)11-6-4-5-7-12(11)19-3/h4-7,17H,8-10H2,1-3H3,(H,15,16)/t14-/m0/s1. The zero-order valence-electron chi connectivity index (χ0n) is 11.6. The van der Waals surface area contributed by atoms with Crippen LogP contribution in [0.4, 0.5) is 0 Å². The molecule has 19 heavy (non-hydrogen) atoms. The molecule has 0 aromatic heterocycles. The quantitative estimate of drug-likeness (QED) is 0.760. The summed E-state index contributed by atoms with van der Waals surface area (Å²) in [6.45, 7) is 2.03. The topological polar surface area (TPSA) is 49.3 Å². The summed E-state index contributed by atoms with van der Waals surface area (Å²) in [6.07, 6.45) is 4.61. The van der Waals surface area contributed by atoms with Gasteiger partial charge in [0, 0.05) is 11.4 Å². The largest absolute Gasteiger partial charge is 0.388 e. The molecule has 0 saturated carbocycles. The molecule has 3 nitrogen and oxygen atoms in total. The molecule has 5 heteroatoms. The monoisotopic (exact) mass is 299 g/mol. The number of benzene rings is 1. The van der Waals surface area contributed by atoms with Crippen LogP contribution in [0.2, 0.25) is 0 Å². The maximum atomic E-state index is 12.1. The summed E-state index contributed by atoms with van der Waals surface area (Å²) >= 11 is 3.23. The number of amides is 1. The van der Waals surface area contributed by atoms with Gasteiger partial charge in [0.05, 0.1) is 11.2 Å². The minimum Gasteiger partial charge on any atom is -0.388 e. The first-order chi connectivity index (χ1) is 9.00. The van der Waals surface area contributed by atoms with Gasteiger partial charge in [-0.25, -0.2) is 0 Å². The smallest absolute Gasteiger partial charge is 0.252 e. The van der Waals surface area contributed by atoms with Gasteiger partial charge in [-0.3, -0.25) is 4.79 Å². The zero-order chi connectivity index (χ0) is 14.3. The van der Waals surface area contributed by atoms with Crippen molar-refractivity contribution in [2.45, 2.75) is 23.8 Å². The third-order valence-electron chi connectivity index (χ3n) is 2.83. The van der Waals surface area contributed by atoms with Crippen LogP contribution in [0.1, 0.15) is 23.7 Å². The number of thioether (sulfide) groups is 2. The van der Waals surface area contributed by atoms with Crippen molar-refractivity contribution in [3.63, 3.8) is 0 Å². The van der Waals surface area contributed by atoms with E-state index in [1.165, 1.54) is 0 Å². The van der Waals surface area contributed by atoms with Crippen LogP contribution in [-0.4, -0.2) is 41.4 Å². The second kappa shape index (κ2) is 7.82. The SMILES string of the molecule is CSCC[C@](C)(O)CNC(=O)c1ccccc1SC. The van der Waals surface area contributed by atoms with E-state index in [1.54, 1.807) is 36.5 Å². The average molecular weight is 299 g/mol. The van der Waals surface area contributed by atoms with E-state index in [0.29, 0.717) is 12.0 Å². The molecule has 0 radical (unpaired) electrons. The normalized spacial score (nSPS) is 13.9. The highest BCUT2D eigenvalue weighted by atomic mass is 32.2. The summed E-state index contributed by atoms with van der Waals surface area (Å²) < 4.78 is 0. The van der Waals surface area contributed by atoms with Crippen LogP contribution in [0.5, 0.6) is 0 Å². The Morgan fingerprint density at radius 3 is 2.68 bits per heavy atom. The molecule has 0 unspecified atom stereocenters. The number of carbonyl (C=O) groups excluding carboxylic acids is 1. The summed E-state index contributed by atoms with van der Waals surface area (Å²) in [5.74, 6) is 0.749. The zero-order valence-corrected chi connectivity index (χ0v) is 13.2. The molecule has 0 spiro atoms. The second-order valence-corrected chi connectivity index (χ2v) is 6.46. The van der Waals surface area contributed by atoms with Gasteiger partial charge in [0.1, 0.15) is 0 Å². The van der Waals surface area contributed by atoms with Gasteiger partial charge in [-0.2, -0.15) is 11.8 Å². The highest BCUT2D eigenvalue weighted by Crippen LogP contribution is 2.20. The fraction of sp³-hybridized carbons (Fsp3) is 0.500. The van der Waals surface area contributed by atoms with E-state index in [0.717, 1.165) is 10.6 Å². The highest BCUT2D eigenvalue weighted by Gasteiger charge is 2.21. The van der Waals surface area contributed by atoms with Gasteiger partial charge >= 0.3 is 0 Å². The Morgan fingerprint density at radius 1 is 1.37 bits per heavy atom. The van der Waals surface area contributed by atoms with Gasteiger partial charge in [-0.15, -0.1) is 11.8 Å². The van der Waals surface area contributed by atoms with Gasteiger partial charge < -0.3 is 10.4 Å². The molecule has 1 aromatic carbocycles. The summed E-state index contributed by atoms with van der Waals surface area (Å²) in [6, 6.07) is 7.49. The van der Waals surface area contributed by atoms with Crippen molar-refractivity contribution in [1.82, 2.24) is 5.32 Å². The van der Waals surface area contributed by atoms with E-state index in [2.05, 4.69) is 5.32 Å². The van der Waals surface area contributed by atoms with E-state index < -0.39 is 5.60 Å². The molecular weight excluding hydrogens is 278 g/mol. The Hall–Kier alpha value is -0.650. The van der Waals surface area contributed by atoms with Crippen LogP contribution in [-0.2, 0) is 0 Å². The number of aliphatic hydroxyl groups is 1. The lowest BCUT2D eigenvalue weighted by Gasteiger charge is -2.23. The Bertz CT molecular complexity index is 422. The molecule has 0 aliphatic heterocycles. The van der Waals surface area contributed by atoms with Gasteiger partial charge in [0.2, 0.25) is 0 Å². The van der Waals surface area contributed by atoms with Gasteiger partial charge in [0.15, 0.2) is 0 Å². The molecule has 1 aromatic rings. The maximum Gasteiger partial charge on any atom is 0.252 e. The van der Waals surface area contributed by atoms with E-state index in [9.17, 15) is 9.90 Å². The summed E-state index contributed by atoms with van der Waals surface area (Å²) in [7, 11) is 0. The van der Waals surface area contributed by atoms with E-state index >= 15 is 0 Å². The molecule has 0 aliphatic carbocycles. The van der Waals surface area contributed by atoms with Gasteiger partial charge in [-0.05, 0) is 43.7 Å². The van der Waals surface area contributed by atoms with Crippen molar-refractivity contribution < 1.29 is 9.90 Å². The number of hydrogen-bond acceptors (Lipinski definition) is 4. The predicted molar refractivity (Wildman–Crippen MR) is 84.2 cm³/mol. The molecule has 1 atom stereocenters. The van der Waals surface area contributed by atoms with Crippen molar-refractivity contribution in [2.24, 2.45) is 0 Å². The lowest BCUT2D eigenvalue weighted by molar-refractivity contribution is 0.0527. The van der Waals surface area contributed by atoms with Crippen molar-refractivity contribution in [3.8, 4) is 0 Å². The van der Waals surface area contributed by atoms with Crippen LogP contribution in [0.15, 0.2) is 29.2 Å². The fourth-order valence-electron chi connectivity index (χ4n) is 1.61. The first-order valence-corrected chi connectivity index (χ1v) is 8.74. The van der Waals surface area contributed by atoms with Crippen molar-refractivity contribution in [3.05, 3.63) is 29.8 Å². The molecule has 0 fully saturated rings. The third-order valence-corrected chi connectivity index (χ3v) is 4.23. The Balaban J connectivity index is 2.60. The fourth-order valence-corrected chi connectivity index (χ4v) is 2.85. The molecule has 2 N–H and O–H groups in total. The number of nitrogens with one attached hydrogen (secondary N) is 1. The summed E-state index contributed by atoms with van der Waals surface area (Å²) in [5.41, 5.74) is -0.192. The van der Waals surface area contributed by atoms with Crippen molar-refractivity contribution >= 4 is 29.4 Å². The first-order valence-electron chi connectivity index (χ1n) is 6.13. The van der Waals surface area contributed by atoms with E-state index in [4.69, 9.17) is 0 Å². The van der Waals surface area contributed by atoms with Crippen LogP contribution in [0.3, 0.4) is 0 Å². The number of hydrogen-bond donors (Lipinski definition) is 2. The Labute approximate surface area is 123 Å². The van der Waals surface area contributed by atoms with Crippen LogP contribution in [0.25, 0.3) is 0 Å². The number of rotatable bonds is 7. The predicted octanol–water partition coefficient (Wildman–Crippen LogP) is 2.64. The molecular formula is C14H21NO2S2. The second-order valence-electron chi connectivity index (χ2n) is 4.62. The van der Waals surface area contributed by atoms with Gasteiger partial charge in [0.25, 0.3) is 5.91 Å². The lowest BCUT2D eigenvalue weighted by Crippen LogP contribution is -2.41. The summed E-state index contributed by atoms with van der Waals surface area (Å²) in [4.78, 5) is 13.1. The highest BCUT2D eigenvalue weighted by molar-refractivity contribution is 7.98. The minimum absolute atomic E-state index is 0.130. The van der Waals surface area contributed by atoms with Gasteiger partial charge in [-0.1, -0.05) is 12.1 Å². The third kappa shape index (κ3) is 5.47. The molecule has 106 valence electrons. The first kappa shape index (κ1) is 16.4. The Kier molecular flexibility index (Phi) is 6.75. The Morgan fingerprint density at radius 2 is 2.05 bits per heavy atom. The lowest BCUT2D eigenvalue weighted by atomic mass is 10.0. The van der Waals surface area contributed by atoms with Crippen molar-refractivity contribution in [1.29, 1.82) is 0 Å². The maximum absolute atomic E-state index is 12.1. The van der Waals surface area contributed by atoms with E-state index in [-0.39, 0.29) is 12.5 Å². The molecule has 0 saturated heterocycles. The number of carbonyl (C=O) groups is 1. The van der Waals surface area contributed by atoms with Crippen molar-refractivity contribution in [2.75, 3.05) is 24.8 Å². The minimum atomic E-state index is -0.854. The molecule has 0 aliphatic rings. The molecule has 1 rings (SSSR count). The van der Waals surface area contributed by atoms with Crippen LogP contribution < -0.4 is 5.32 Å². The summed E-state index contributed by atoms with van der Waals surface area (Å²) in [5, 5.41) is 12.9.